The number of carbonyl (C=O) groups excluding carboxylic acids is 1. The molecule has 1 aliphatic carbocycles. The molecule has 2 atom stereocenters. The molecule has 1 saturated carbocycles. The molecule has 1 amide bonds. The van der Waals surface area contributed by atoms with Crippen molar-refractivity contribution in [3.05, 3.63) is 29.6 Å². The van der Waals surface area contributed by atoms with E-state index in [2.05, 4.69) is 24.9 Å². The van der Waals surface area contributed by atoms with Crippen LogP contribution >= 0.6 is 24.4 Å². The van der Waals surface area contributed by atoms with Crippen molar-refractivity contribution >= 4 is 30.3 Å². The van der Waals surface area contributed by atoms with Gasteiger partial charge < -0.3 is 5.32 Å². The second kappa shape index (κ2) is 6.66. The zero-order valence-electron chi connectivity index (χ0n) is 10.9. The van der Waals surface area contributed by atoms with E-state index in [1.165, 1.54) is 12.1 Å². The fourth-order valence-electron chi connectivity index (χ4n) is 2.41. The highest BCUT2D eigenvalue weighted by Gasteiger charge is 2.26. The molecule has 2 nitrogen and oxygen atoms in total. The largest absolute Gasteiger partial charge is 0.349 e. The minimum Gasteiger partial charge on any atom is -0.349 e. The third-order valence-corrected chi connectivity index (χ3v) is 4.83. The summed E-state index contributed by atoms with van der Waals surface area (Å²) >= 11 is 6.07. The number of benzene rings is 1. The van der Waals surface area contributed by atoms with Gasteiger partial charge in [-0.05, 0) is 43.2 Å². The van der Waals surface area contributed by atoms with Gasteiger partial charge in [-0.15, -0.1) is 12.6 Å². The quantitative estimate of drug-likeness (QED) is 0.833. The van der Waals surface area contributed by atoms with Crippen LogP contribution in [-0.2, 0) is 0 Å². The van der Waals surface area contributed by atoms with Crippen molar-refractivity contribution in [1.82, 2.24) is 5.32 Å². The Morgan fingerprint density at radius 3 is 3.05 bits per heavy atom. The first-order valence-corrected chi connectivity index (χ1v) is 8.00. The van der Waals surface area contributed by atoms with E-state index >= 15 is 0 Å². The van der Waals surface area contributed by atoms with Gasteiger partial charge in [0, 0.05) is 16.2 Å². The molecule has 19 heavy (non-hydrogen) atoms. The molecule has 2 unspecified atom stereocenters. The van der Waals surface area contributed by atoms with Crippen molar-refractivity contribution < 1.29 is 9.18 Å². The highest BCUT2D eigenvalue weighted by atomic mass is 32.2. The Hall–Kier alpha value is -0.680. The van der Waals surface area contributed by atoms with Crippen LogP contribution in [0.2, 0.25) is 0 Å². The van der Waals surface area contributed by atoms with Gasteiger partial charge in [0.15, 0.2) is 0 Å². The van der Waals surface area contributed by atoms with Crippen LogP contribution in [0.15, 0.2) is 23.1 Å². The third kappa shape index (κ3) is 3.89. The number of hydrogen-bond acceptors (Lipinski definition) is 3. The number of carbonyl (C=O) groups is 1. The van der Waals surface area contributed by atoms with E-state index < -0.39 is 5.82 Å². The zero-order valence-corrected chi connectivity index (χ0v) is 12.6. The number of amides is 1. The zero-order chi connectivity index (χ0) is 13.8. The van der Waals surface area contributed by atoms with E-state index in [0.29, 0.717) is 10.1 Å². The average Bonchev–Trinajstić information content (AvgIpc) is 2.80. The molecule has 0 saturated heterocycles. The molecule has 0 spiro atoms. The standard InChI is InChI=1S/C14H18FNOS2/c1-2-19-11-5-3-9(7-11)16-14(17)12-8-10(18)4-6-13(12)15/h4,6,8-9,11,18H,2-3,5,7H2,1H3,(H,16,17). The third-order valence-electron chi connectivity index (χ3n) is 3.32. The smallest absolute Gasteiger partial charge is 0.254 e. The molecule has 1 N–H and O–H groups in total. The van der Waals surface area contributed by atoms with E-state index in [-0.39, 0.29) is 17.5 Å². The first kappa shape index (κ1) is 14.7. The SMILES string of the molecule is CCSC1CCC(NC(=O)c2cc(S)ccc2F)C1. The molecule has 0 heterocycles. The van der Waals surface area contributed by atoms with Gasteiger partial charge in [0.25, 0.3) is 5.91 Å². The molecular weight excluding hydrogens is 281 g/mol. The van der Waals surface area contributed by atoms with Gasteiger partial charge in [-0.1, -0.05) is 6.92 Å². The number of nitrogens with one attached hydrogen (secondary N) is 1. The predicted molar refractivity (Wildman–Crippen MR) is 80.7 cm³/mol. The Morgan fingerprint density at radius 1 is 1.53 bits per heavy atom. The Morgan fingerprint density at radius 2 is 2.32 bits per heavy atom. The van der Waals surface area contributed by atoms with Gasteiger partial charge in [0.05, 0.1) is 5.56 Å². The van der Waals surface area contributed by atoms with Crippen LogP contribution in [0.25, 0.3) is 0 Å². The van der Waals surface area contributed by atoms with E-state index in [0.717, 1.165) is 25.0 Å². The van der Waals surface area contributed by atoms with E-state index in [9.17, 15) is 9.18 Å². The lowest BCUT2D eigenvalue weighted by Crippen LogP contribution is -2.33. The number of hydrogen-bond donors (Lipinski definition) is 2. The minimum atomic E-state index is -0.493. The van der Waals surface area contributed by atoms with Gasteiger partial charge in [-0.2, -0.15) is 11.8 Å². The maximum atomic E-state index is 13.6. The van der Waals surface area contributed by atoms with Gasteiger partial charge in [0.2, 0.25) is 0 Å². The summed E-state index contributed by atoms with van der Waals surface area (Å²) in [6, 6.07) is 4.46. The van der Waals surface area contributed by atoms with Crippen molar-refractivity contribution in [1.29, 1.82) is 0 Å². The Bertz CT molecular complexity index is 467. The molecule has 0 bridgehead atoms. The van der Waals surface area contributed by atoms with Crippen LogP contribution < -0.4 is 5.32 Å². The van der Waals surface area contributed by atoms with Gasteiger partial charge >= 0.3 is 0 Å². The van der Waals surface area contributed by atoms with Gasteiger partial charge in [-0.25, -0.2) is 4.39 Å². The summed E-state index contributed by atoms with van der Waals surface area (Å²) in [4.78, 5) is 12.6. The van der Waals surface area contributed by atoms with Crippen LogP contribution in [-0.4, -0.2) is 23.0 Å². The summed E-state index contributed by atoms with van der Waals surface area (Å²) in [6.07, 6.45) is 3.08. The fraction of sp³-hybridized carbons (Fsp3) is 0.500. The van der Waals surface area contributed by atoms with Crippen molar-refractivity contribution in [3.8, 4) is 0 Å². The number of halogens is 1. The van der Waals surface area contributed by atoms with Crippen LogP contribution in [0.3, 0.4) is 0 Å². The Labute approximate surface area is 123 Å². The molecule has 0 aromatic heterocycles. The maximum Gasteiger partial charge on any atom is 0.254 e. The number of thiol groups is 1. The van der Waals surface area contributed by atoms with Crippen molar-refractivity contribution in [2.75, 3.05) is 5.75 Å². The van der Waals surface area contributed by atoms with Crippen molar-refractivity contribution in [2.45, 2.75) is 42.4 Å². The Kier molecular flexibility index (Phi) is 5.16. The molecule has 1 aromatic rings. The maximum absolute atomic E-state index is 13.6. The molecule has 2 rings (SSSR count). The summed E-state index contributed by atoms with van der Waals surface area (Å²) in [6.45, 7) is 2.14. The van der Waals surface area contributed by atoms with Crippen LogP contribution in [0, 0.1) is 5.82 Å². The lowest BCUT2D eigenvalue weighted by Gasteiger charge is -2.13. The predicted octanol–water partition coefficient (Wildman–Crippen LogP) is 3.52. The summed E-state index contributed by atoms with van der Waals surface area (Å²) in [5.74, 6) is 0.273. The van der Waals surface area contributed by atoms with E-state index in [4.69, 9.17) is 0 Å². The summed E-state index contributed by atoms with van der Waals surface area (Å²) in [5, 5.41) is 3.55. The van der Waals surface area contributed by atoms with E-state index in [1.807, 2.05) is 11.8 Å². The number of rotatable bonds is 4. The average molecular weight is 299 g/mol. The number of thioether (sulfide) groups is 1. The normalized spacial score (nSPS) is 22.5. The van der Waals surface area contributed by atoms with Crippen molar-refractivity contribution in [2.24, 2.45) is 0 Å². The monoisotopic (exact) mass is 299 g/mol. The van der Waals surface area contributed by atoms with Crippen LogP contribution in [0.5, 0.6) is 0 Å². The molecule has 1 aliphatic rings. The molecule has 0 aliphatic heterocycles. The second-order valence-corrected chi connectivity index (χ2v) is 6.82. The van der Waals surface area contributed by atoms with Gasteiger partial charge in [-0.3, -0.25) is 4.79 Å². The summed E-state index contributed by atoms with van der Waals surface area (Å²) < 4.78 is 13.6. The molecule has 1 aromatic carbocycles. The molecule has 5 heteroatoms. The topological polar surface area (TPSA) is 29.1 Å². The molecule has 1 fully saturated rings. The molecule has 0 radical (unpaired) electrons. The lowest BCUT2D eigenvalue weighted by molar-refractivity contribution is 0.0933. The summed E-state index contributed by atoms with van der Waals surface area (Å²) in [5.41, 5.74) is 0.0825. The van der Waals surface area contributed by atoms with Gasteiger partial charge in [0.1, 0.15) is 5.82 Å². The van der Waals surface area contributed by atoms with Crippen molar-refractivity contribution in [3.63, 3.8) is 0 Å². The van der Waals surface area contributed by atoms with E-state index in [1.54, 1.807) is 6.07 Å². The highest BCUT2D eigenvalue weighted by molar-refractivity contribution is 7.99. The van der Waals surface area contributed by atoms with Crippen LogP contribution in [0.4, 0.5) is 4.39 Å². The Balaban J connectivity index is 1.96. The fourth-order valence-corrected chi connectivity index (χ4v) is 3.75. The second-order valence-electron chi connectivity index (χ2n) is 4.72. The minimum absolute atomic E-state index is 0.0825. The summed E-state index contributed by atoms with van der Waals surface area (Å²) in [7, 11) is 0. The molecular formula is C14H18FNOS2. The lowest BCUT2D eigenvalue weighted by atomic mass is 10.1. The first-order chi connectivity index (χ1) is 9.10. The molecule has 104 valence electrons. The highest BCUT2D eigenvalue weighted by Crippen LogP contribution is 2.29. The first-order valence-electron chi connectivity index (χ1n) is 6.51. The van der Waals surface area contributed by atoms with Crippen LogP contribution in [0.1, 0.15) is 36.5 Å².